The van der Waals surface area contributed by atoms with Gasteiger partial charge in [0.25, 0.3) is 0 Å². The van der Waals surface area contributed by atoms with Gasteiger partial charge in [-0.15, -0.1) is 40.1 Å². The number of fused-ring (bicyclic) bond motifs is 6. The van der Waals surface area contributed by atoms with Crippen LogP contribution in [0.4, 0.5) is 0 Å². The number of pyridine rings is 1. The fraction of sp³-hybridized carbons (Fsp3) is 0.0851. The van der Waals surface area contributed by atoms with Gasteiger partial charge in [-0.1, -0.05) is 135 Å². The Kier molecular flexibility index (Phi) is 8.17. The Hall–Kier alpha value is -6.10. The van der Waals surface area contributed by atoms with E-state index in [1.54, 1.807) is 0 Å². The Morgan fingerprint density at radius 2 is 1.09 bits per heavy atom. The van der Waals surface area contributed by atoms with Crippen LogP contribution >= 0.6 is 0 Å². The van der Waals surface area contributed by atoms with Crippen molar-refractivity contribution < 1.29 is 21.1 Å². The number of hydrogen-bond acceptors (Lipinski definition) is 3. The molecule has 10 aromatic rings. The van der Waals surface area contributed by atoms with Crippen molar-refractivity contribution >= 4 is 43.6 Å². The molecule has 262 valence electrons. The summed E-state index contributed by atoms with van der Waals surface area (Å²) in [6.07, 6.45) is 1.92. The molecule has 6 aromatic carbocycles. The van der Waals surface area contributed by atoms with Crippen molar-refractivity contribution in [1.29, 1.82) is 0 Å². The first kappa shape index (κ1) is 33.7. The molecule has 4 aromatic heterocycles. The molecule has 0 atom stereocenters. The second-order valence-corrected chi connectivity index (χ2v) is 14.5. The molecule has 0 spiro atoms. The number of rotatable bonds is 5. The molecule has 0 saturated heterocycles. The molecule has 0 aliphatic carbocycles. The number of nitrogens with zero attached hydrogens (tertiary/aromatic N) is 6. The maximum atomic E-state index is 5.07. The van der Waals surface area contributed by atoms with Crippen molar-refractivity contribution in [2.45, 2.75) is 26.2 Å². The van der Waals surface area contributed by atoms with Crippen molar-refractivity contribution in [2.24, 2.45) is 0 Å². The average molecular weight is 878 g/mol. The standard InChI is InChI=1S/C47H34N6.Pt/c1-47(2,3)33-26-27-48-44(28-33)52-41-21-13-11-19-37(41)39-24-22-34(29-43(39)52)51-40-20-12-10-18-36(40)38-25-23-35(30-42(38)51)53-46(32-16-8-5-9-17-32)49-45(50-53)31-14-6-4-7-15-31;/h4-28H,1-3H3;/q-2;+2. The van der Waals surface area contributed by atoms with Gasteiger partial charge >= 0.3 is 21.1 Å². The molecule has 0 saturated carbocycles. The number of aromatic nitrogens is 6. The van der Waals surface area contributed by atoms with Gasteiger partial charge in [-0.3, -0.25) is 0 Å². The minimum absolute atomic E-state index is 0. The van der Waals surface area contributed by atoms with Crippen LogP contribution in [0.5, 0.6) is 0 Å². The SMILES string of the molecule is CC(C)(C)c1ccnc(-n2c3[c-]c(-n4c5[c-]c(-n6nc(-c7ccccc7)nc6-c6ccccc6)ccc5c5ccccc54)ccc3c3ccccc32)c1.[Pt+2]. The maximum Gasteiger partial charge on any atom is 2.00 e. The molecule has 0 radical (unpaired) electrons. The Bertz CT molecular complexity index is 2980. The summed E-state index contributed by atoms with van der Waals surface area (Å²) < 4.78 is 6.43. The van der Waals surface area contributed by atoms with E-state index in [4.69, 9.17) is 15.1 Å². The van der Waals surface area contributed by atoms with Gasteiger partial charge in [-0.05, 0) is 51.7 Å². The molecule has 54 heavy (non-hydrogen) atoms. The Morgan fingerprint density at radius 3 is 1.76 bits per heavy atom. The first-order valence-corrected chi connectivity index (χ1v) is 17.9. The zero-order valence-corrected chi connectivity index (χ0v) is 32.2. The summed E-state index contributed by atoms with van der Waals surface area (Å²) >= 11 is 0. The molecular formula is C47H34N6Pt. The molecule has 7 heteroatoms. The second-order valence-electron chi connectivity index (χ2n) is 14.5. The first-order valence-electron chi connectivity index (χ1n) is 17.9. The number of para-hydroxylation sites is 2. The normalized spacial score (nSPS) is 11.8. The molecule has 0 fully saturated rings. The molecule has 4 heterocycles. The third kappa shape index (κ3) is 5.48. The van der Waals surface area contributed by atoms with Crippen molar-refractivity contribution in [3.05, 3.63) is 169 Å². The zero-order chi connectivity index (χ0) is 35.7. The minimum atomic E-state index is -0.0197. The maximum absolute atomic E-state index is 5.07. The second kappa shape index (κ2) is 13.1. The van der Waals surface area contributed by atoms with Gasteiger partial charge in [0.05, 0.1) is 0 Å². The largest absolute Gasteiger partial charge is 2.00 e. The van der Waals surface area contributed by atoms with E-state index in [-0.39, 0.29) is 26.5 Å². The van der Waals surface area contributed by atoms with E-state index >= 15 is 0 Å². The van der Waals surface area contributed by atoms with Crippen LogP contribution in [-0.2, 0) is 26.5 Å². The van der Waals surface area contributed by atoms with Crippen molar-refractivity contribution in [3.63, 3.8) is 0 Å². The average Bonchev–Trinajstić information content (AvgIpc) is 3.89. The van der Waals surface area contributed by atoms with Gasteiger partial charge in [0.2, 0.25) is 0 Å². The van der Waals surface area contributed by atoms with Gasteiger partial charge in [0.15, 0.2) is 11.6 Å². The van der Waals surface area contributed by atoms with Crippen molar-refractivity contribution in [3.8, 4) is 40.0 Å². The van der Waals surface area contributed by atoms with E-state index in [1.807, 2.05) is 59.4 Å². The Balaban J connectivity index is 0.00000384. The van der Waals surface area contributed by atoms with Crippen LogP contribution in [-0.4, -0.2) is 28.9 Å². The van der Waals surface area contributed by atoms with Gasteiger partial charge in [0.1, 0.15) is 5.82 Å². The Morgan fingerprint density at radius 1 is 0.537 bits per heavy atom. The Labute approximate surface area is 327 Å². The van der Waals surface area contributed by atoms with Gasteiger partial charge in [-0.2, -0.15) is 12.1 Å². The van der Waals surface area contributed by atoms with Crippen molar-refractivity contribution in [1.82, 2.24) is 28.9 Å². The number of hydrogen-bond donors (Lipinski definition) is 0. The quantitative estimate of drug-likeness (QED) is 0.162. The summed E-state index contributed by atoms with van der Waals surface area (Å²) in [7, 11) is 0. The molecule has 0 amide bonds. The monoisotopic (exact) mass is 877 g/mol. The van der Waals surface area contributed by atoms with Gasteiger partial charge in [-0.25, -0.2) is 14.6 Å². The van der Waals surface area contributed by atoms with Crippen LogP contribution in [0.3, 0.4) is 0 Å². The summed E-state index contributed by atoms with van der Waals surface area (Å²) in [6, 6.07) is 58.1. The van der Waals surface area contributed by atoms with Crippen LogP contribution in [0.2, 0.25) is 0 Å². The summed E-state index contributed by atoms with van der Waals surface area (Å²) in [4.78, 5) is 9.96. The molecule has 0 unspecified atom stereocenters. The van der Waals surface area contributed by atoms with E-state index < -0.39 is 0 Å². The van der Waals surface area contributed by atoms with Crippen LogP contribution in [0.25, 0.3) is 83.6 Å². The predicted octanol–water partition coefficient (Wildman–Crippen LogP) is 11.1. The summed E-state index contributed by atoms with van der Waals surface area (Å²) in [5, 5.41) is 9.61. The van der Waals surface area contributed by atoms with Gasteiger partial charge in [0, 0.05) is 28.4 Å². The van der Waals surface area contributed by atoms with E-state index in [1.165, 1.54) is 5.56 Å². The molecule has 0 N–H and O–H groups in total. The van der Waals surface area contributed by atoms with Crippen LogP contribution in [0.15, 0.2) is 152 Å². The zero-order valence-electron chi connectivity index (χ0n) is 29.9. The van der Waals surface area contributed by atoms with Crippen LogP contribution in [0.1, 0.15) is 26.3 Å². The molecule has 0 aliphatic rings. The third-order valence-electron chi connectivity index (χ3n) is 10.1. The van der Waals surface area contributed by atoms with E-state index in [0.29, 0.717) is 5.82 Å². The molecule has 6 nitrogen and oxygen atoms in total. The molecular weight excluding hydrogens is 844 g/mol. The van der Waals surface area contributed by atoms with Gasteiger partial charge < -0.3 is 9.13 Å². The van der Waals surface area contributed by atoms with Crippen LogP contribution < -0.4 is 0 Å². The van der Waals surface area contributed by atoms with E-state index in [9.17, 15) is 0 Å². The molecule has 0 bridgehead atoms. The van der Waals surface area contributed by atoms with E-state index in [0.717, 1.165) is 77.8 Å². The van der Waals surface area contributed by atoms with Crippen LogP contribution in [0, 0.1) is 12.1 Å². The predicted molar refractivity (Wildman–Crippen MR) is 215 cm³/mol. The first-order chi connectivity index (χ1) is 25.9. The molecule has 0 aliphatic heterocycles. The summed E-state index contributed by atoms with van der Waals surface area (Å²) in [5.41, 5.74) is 8.94. The fourth-order valence-electron chi connectivity index (χ4n) is 7.48. The summed E-state index contributed by atoms with van der Waals surface area (Å²) in [5.74, 6) is 2.29. The number of benzene rings is 6. The van der Waals surface area contributed by atoms with E-state index in [2.05, 4.69) is 139 Å². The minimum Gasteiger partial charge on any atom is -0.358 e. The topological polar surface area (TPSA) is 53.5 Å². The third-order valence-corrected chi connectivity index (χ3v) is 10.1. The fourth-order valence-corrected chi connectivity index (χ4v) is 7.48. The van der Waals surface area contributed by atoms with Crippen molar-refractivity contribution in [2.75, 3.05) is 0 Å². The summed E-state index contributed by atoms with van der Waals surface area (Å²) in [6.45, 7) is 6.71. The molecule has 10 rings (SSSR count). The smallest absolute Gasteiger partial charge is 0.358 e.